The molecule has 3 heteroatoms. The minimum atomic E-state index is 0.334. The Morgan fingerprint density at radius 1 is 1.05 bits per heavy atom. The highest BCUT2D eigenvalue weighted by atomic mass is 16.5. The van der Waals surface area contributed by atoms with E-state index in [2.05, 4.69) is 26.1 Å². The van der Waals surface area contributed by atoms with Gasteiger partial charge in [0, 0.05) is 6.54 Å². The number of ether oxygens (including phenoxy) is 2. The molecule has 1 saturated heterocycles. The van der Waals surface area contributed by atoms with Gasteiger partial charge in [0.15, 0.2) is 0 Å². The van der Waals surface area contributed by atoms with Crippen molar-refractivity contribution in [1.29, 1.82) is 0 Å². The zero-order valence-corrected chi connectivity index (χ0v) is 13.6. The van der Waals surface area contributed by atoms with Crippen LogP contribution in [0.15, 0.2) is 0 Å². The third kappa shape index (κ3) is 5.71. The maximum atomic E-state index is 6.07. The predicted molar refractivity (Wildman–Crippen MR) is 83.0 cm³/mol. The predicted octanol–water partition coefficient (Wildman–Crippen LogP) is 3.37. The molecule has 118 valence electrons. The van der Waals surface area contributed by atoms with Crippen LogP contribution in [-0.4, -0.2) is 38.0 Å². The summed E-state index contributed by atoms with van der Waals surface area (Å²) in [4.78, 5) is 0. The Bertz CT molecular complexity index is 262. The van der Waals surface area contributed by atoms with Gasteiger partial charge in [0.25, 0.3) is 0 Å². The second kappa shape index (κ2) is 8.35. The van der Waals surface area contributed by atoms with Crippen LogP contribution in [0, 0.1) is 11.8 Å². The van der Waals surface area contributed by atoms with E-state index in [1.807, 2.05) is 0 Å². The zero-order chi connectivity index (χ0) is 14.4. The molecule has 1 aliphatic heterocycles. The standard InChI is InChI=1S/C17H33NO2/c1-13(2)10-18-11-16-8-9-17(20-16)12-19-15-6-4-14(3)5-7-15/h13-18H,4-12H2,1-3H3. The molecule has 2 aliphatic rings. The fourth-order valence-electron chi connectivity index (χ4n) is 3.23. The van der Waals surface area contributed by atoms with E-state index in [4.69, 9.17) is 9.47 Å². The van der Waals surface area contributed by atoms with Crippen LogP contribution >= 0.6 is 0 Å². The van der Waals surface area contributed by atoms with Crippen molar-refractivity contribution in [1.82, 2.24) is 5.32 Å². The lowest BCUT2D eigenvalue weighted by Gasteiger charge is -2.27. The van der Waals surface area contributed by atoms with Gasteiger partial charge in [0.05, 0.1) is 24.9 Å². The first-order valence-electron chi connectivity index (χ1n) is 8.61. The van der Waals surface area contributed by atoms with Crippen molar-refractivity contribution in [3.05, 3.63) is 0 Å². The molecule has 20 heavy (non-hydrogen) atoms. The van der Waals surface area contributed by atoms with Gasteiger partial charge in [-0.15, -0.1) is 0 Å². The molecule has 0 amide bonds. The molecule has 3 nitrogen and oxygen atoms in total. The molecule has 2 fully saturated rings. The van der Waals surface area contributed by atoms with Gasteiger partial charge in [0.1, 0.15) is 0 Å². The summed E-state index contributed by atoms with van der Waals surface area (Å²) < 4.78 is 12.1. The smallest absolute Gasteiger partial charge is 0.0814 e. The highest BCUT2D eigenvalue weighted by Gasteiger charge is 2.27. The molecule has 2 rings (SSSR count). The van der Waals surface area contributed by atoms with Gasteiger partial charge in [-0.05, 0) is 56.9 Å². The third-order valence-corrected chi connectivity index (χ3v) is 4.60. The summed E-state index contributed by atoms with van der Waals surface area (Å²) >= 11 is 0. The first kappa shape index (κ1) is 16.3. The molecule has 0 aromatic rings. The number of nitrogens with one attached hydrogen (secondary N) is 1. The van der Waals surface area contributed by atoms with Crippen LogP contribution in [0.2, 0.25) is 0 Å². The highest BCUT2D eigenvalue weighted by Crippen LogP contribution is 2.27. The Morgan fingerprint density at radius 3 is 2.45 bits per heavy atom. The van der Waals surface area contributed by atoms with Gasteiger partial charge < -0.3 is 14.8 Å². The molecular weight excluding hydrogens is 250 g/mol. The van der Waals surface area contributed by atoms with Crippen molar-refractivity contribution in [2.24, 2.45) is 11.8 Å². The molecule has 0 aromatic heterocycles. The van der Waals surface area contributed by atoms with Crippen LogP contribution in [0.5, 0.6) is 0 Å². The Morgan fingerprint density at radius 2 is 1.75 bits per heavy atom. The van der Waals surface area contributed by atoms with Crippen LogP contribution in [0.3, 0.4) is 0 Å². The van der Waals surface area contributed by atoms with Crippen LogP contribution in [0.1, 0.15) is 59.3 Å². The lowest BCUT2D eigenvalue weighted by atomic mass is 9.89. The number of rotatable bonds is 7. The molecule has 1 heterocycles. The fourth-order valence-corrected chi connectivity index (χ4v) is 3.23. The molecule has 2 atom stereocenters. The van der Waals surface area contributed by atoms with Crippen LogP contribution in [0.25, 0.3) is 0 Å². The van der Waals surface area contributed by atoms with Gasteiger partial charge >= 0.3 is 0 Å². The van der Waals surface area contributed by atoms with Crippen molar-refractivity contribution < 1.29 is 9.47 Å². The van der Waals surface area contributed by atoms with E-state index >= 15 is 0 Å². The number of hydrogen-bond donors (Lipinski definition) is 1. The summed E-state index contributed by atoms with van der Waals surface area (Å²) in [6, 6.07) is 0. The maximum absolute atomic E-state index is 6.07. The van der Waals surface area contributed by atoms with E-state index in [1.54, 1.807) is 0 Å². The van der Waals surface area contributed by atoms with E-state index in [9.17, 15) is 0 Å². The Balaban J connectivity index is 1.54. The monoisotopic (exact) mass is 283 g/mol. The molecule has 1 saturated carbocycles. The fraction of sp³-hybridized carbons (Fsp3) is 1.00. The first-order valence-corrected chi connectivity index (χ1v) is 8.61. The van der Waals surface area contributed by atoms with Crippen molar-refractivity contribution in [2.45, 2.75) is 77.6 Å². The summed E-state index contributed by atoms with van der Waals surface area (Å²) in [5, 5.41) is 3.49. The van der Waals surface area contributed by atoms with E-state index in [0.717, 1.165) is 32.0 Å². The first-order chi connectivity index (χ1) is 9.63. The van der Waals surface area contributed by atoms with Gasteiger partial charge in [0.2, 0.25) is 0 Å². The maximum Gasteiger partial charge on any atom is 0.0814 e. The van der Waals surface area contributed by atoms with Crippen molar-refractivity contribution in [2.75, 3.05) is 19.7 Å². The molecule has 0 aromatic carbocycles. The second-order valence-corrected chi connectivity index (χ2v) is 7.22. The van der Waals surface area contributed by atoms with E-state index < -0.39 is 0 Å². The van der Waals surface area contributed by atoms with Crippen LogP contribution < -0.4 is 5.32 Å². The second-order valence-electron chi connectivity index (χ2n) is 7.22. The van der Waals surface area contributed by atoms with Gasteiger partial charge in [-0.25, -0.2) is 0 Å². The Kier molecular flexibility index (Phi) is 6.79. The van der Waals surface area contributed by atoms with Crippen molar-refractivity contribution in [3.8, 4) is 0 Å². The molecular formula is C17H33NO2. The molecule has 1 aliphatic carbocycles. The van der Waals surface area contributed by atoms with E-state index in [1.165, 1.54) is 32.1 Å². The molecule has 0 radical (unpaired) electrons. The van der Waals surface area contributed by atoms with E-state index in [-0.39, 0.29) is 0 Å². The normalized spacial score (nSPS) is 34.8. The molecule has 2 unspecified atom stereocenters. The van der Waals surface area contributed by atoms with Gasteiger partial charge in [-0.1, -0.05) is 20.8 Å². The summed E-state index contributed by atoms with van der Waals surface area (Å²) in [5.41, 5.74) is 0. The zero-order valence-electron chi connectivity index (χ0n) is 13.6. The van der Waals surface area contributed by atoms with Gasteiger partial charge in [-0.2, -0.15) is 0 Å². The average Bonchev–Trinajstić information content (AvgIpc) is 2.86. The summed E-state index contributed by atoms with van der Waals surface area (Å²) in [5.74, 6) is 1.61. The largest absolute Gasteiger partial charge is 0.376 e. The van der Waals surface area contributed by atoms with Gasteiger partial charge in [-0.3, -0.25) is 0 Å². The van der Waals surface area contributed by atoms with Crippen molar-refractivity contribution >= 4 is 0 Å². The quantitative estimate of drug-likeness (QED) is 0.777. The van der Waals surface area contributed by atoms with Crippen LogP contribution in [0.4, 0.5) is 0 Å². The lowest BCUT2D eigenvalue weighted by Crippen LogP contribution is -2.31. The molecule has 0 spiro atoms. The average molecular weight is 283 g/mol. The number of hydrogen-bond acceptors (Lipinski definition) is 3. The van der Waals surface area contributed by atoms with Crippen molar-refractivity contribution in [3.63, 3.8) is 0 Å². The topological polar surface area (TPSA) is 30.5 Å². The lowest BCUT2D eigenvalue weighted by molar-refractivity contribution is -0.0529. The molecule has 0 bridgehead atoms. The minimum absolute atomic E-state index is 0.334. The van der Waals surface area contributed by atoms with E-state index in [0.29, 0.717) is 24.2 Å². The minimum Gasteiger partial charge on any atom is -0.376 e. The van der Waals surface area contributed by atoms with Crippen LogP contribution in [-0.2, 0) is 9.47 Å². The summed E-state index contributed by atoms with van der Waals surface area (Å²) in [7, 11) is 0. The SMILES string of the molecule is CC(C)CNCC1CCC(COC2CCC(C)CC2)O1. The Hall–Kier alpha value is -0.120. The summed E-state index contributed by atoms with van der Waals surface area (Å²) in [6.45, 7) is 9.72. The summed E-state index contributed by atoms with van der Waals surface area (Å²) in [6.07, 6.45) is 8.72. The molecule has 1 N–H and O–H groups in total. The highest BCUT2D eigenvalue weighted by molar-refractivity contribution is 4.77. The third-order valence-electron chi connectivity index (χ3n) is 4.60. The Labute approximate surface area is 124 Å².